The number of likely N-dealkylation sites (tertiary alicyclic amines) is 1. The molecular weight excluding hydrogens is 528 g/mol. The molecule has 0 aliphatic carbocycles. The number of amides is 3. The molecule has 2 fully saturated rings. The molecule has 0 spiro atoms. The summed E-state index contributed by atoms with van der Waals surface area (Å²) in [5, 5.41) is 35.6. The molecule has 0 saturated carbocycles. The number of carbonyl (C=O) groups excluding carboxylic acids is 3. The van der Waals surface area contributed by atoms with E-state index in [1.165, 1.54) is 17.8 Å². The third-order valence-corrected chi connectivity index (χ3v) is 7.71. The van der Waals surface area contributed by atoms with Crippen LogP contribution in [0.3, 0.4) is 0 Å². The zero-order chi connectivity index (χ0) is 26.7. The second-order valence-corrected chi connectivity index (χ2v) is 10.0. The number of carbonyl (C=O) groups is 4. The van der Waals surface area contributed by atoms with Gasteiger partial charge in [-0.05, 0) is 18.1 Å². The molecule has 4 rings (SSSR count). The van der Waals surface area contributed by atoms with Gasteiger partial charge in [0, 0.05) is 49.0 Å². The van der Waals surface area contributed by atoms with E-state index in [4.69, 9.17) is 10.8 Å². The number of β-lactam (4-membered cyclic amide) rings is 1. The van der Waals surface area contributed by atoms with Gasteiger partial charge in [0.2, 0.25) is 17.4 Å². The number of allylic oxidation sites excluding steroid dienone is 1. The second kappa shape index (κ2) is 11.2. The number of aliphatic hydroxyl groups is 1. The van der Waals surface area contributed by atoms with E-state index in [1.807, 2.05) is 0 Å². The fraction of sp³-hybridized carbons (Fsp3) is 0.450. The summed E-state index contributed by atoms with van der Waals surface area (Å²) < 4.78 is 3.81. The Hall–Kier alpha value is -3.54. The third-order valence-electron chi connectivity index (χ3n) is 5.86. The summed E-state index contributed by atoms with van der Waals surface area (Å²) in [6, 6.07) is -1.07. The number of nitrogen functional groups attached to an aromatic ring is 1. The van der Waals surface area contributed by atoms with Crippen molar-refractivity contribution in [1.82, 2.24) is 29.8 Å². The molecule has 3 aliphatic heterocycles. The topological polar surface area (TPSA) is 224 Å². The van der Waals surface area contributed by atoms with Crippen molar-refractivity contribution in [1.29, 1.82) is 0 Å². The van der Waals surface area contributed by atoms with E-state index in [-0.39, 0.29) is 34.9 Å². The van der Waals surface area contributed by atoms with Crippen LogP contribution in [0.5, 0.6) is 0 Å². The van der Waals surface area contributed by atoms with Crippen LogP contribution in [0.25, 0.3) is 0 Å². The van der Waals surface area contributed by atoms with E-state index in [1.54, 1.807) is 4.90 Å². The maximum Gasteiger partial charge on any atom is 0.352 e. The van der Waals surface area contributed by atoms with Gasteiger partial charge < -0.3 is 36.7 Å². The van der Waals surface area contributed by atoms with Gasteiger partial charge in [0.25, 0.3) is 11.8 Å². The van der Waals surface area contributed by atoms with Crippen LogP contribution in [0.15, 0.2) is 28.1 Å². The fourth-order valence-electron chi connectivity index (χ4n) is 4.13. The molecule has 0 radical (unpaired) electrons. The number of aromatic nitrogens is 2. The van der Waals surface area contributed by atoms with Crippen LogP contribution in [0.1, 0.15) is 12.2 Å². The third kappa shape index (κ3) is 5.29. The summed E-state index contributed by atoms with van der Waals surface area (Å²) in [6.07, 6.45) is 1.97. The Bertz CT molecular complexity index is 1210. The number of nitrogens with zero attached hydrogens (tertiary/aromatic N) is 5. The maximum atomic E-state index is 12.9. The van der Waals surface area contributed by atoms with Gasteiger partial charge in [-0.25, -0.2) is 4.79 Å². The van der Waals surface area contributed by atoms with E-state index in [2.05, 4.69) is 25.1 Å². The zero-order valence-electron chi connectivity index (χ0n) is 19.3. The highest BCUT2D eigenvalue weighted by Crippen LogP contribution is 2.41. The van der Waals surface area contributed by atoms with Gasteiger partial charge in [0.1, 0.15) is 17.1 Å². The number of rotatable bonds is 10. The molecule has 0 bridgehead atoms. The highest BCUT2D eigenvalue weighted by molar-refractivity contribution is 8.00. The van der Waals surface area contributed by atoms with Crippen LogP contribution >= 0.6 is 23.3 Å². The molecule has 37 heavy (non-hydrogen) atoms. The molecule has 1 aromatic heterocycles. The minimum absolute atomic E-state index is 0.00203. The van der Waals surface area contributed by atoms with Crippen molar-refractivity contribution in [2.45, 2.75) is 17.8 Å². The first-order chi connectivity index (χ1) is 17.8. The molecule has 4 heterocycles. The number of anilines is 1. The molecule has 7 N–H and O–H groups in total. The quantitative estimate of drug-likeness (QED) is 0.0453. The Labute approximate surface area is 218 Å². The number of nitrogens with one attached hydrogen (secondary N) is 2. The monoisotopic (exact) mass is 552 g/mol. The molecule has 2 saturated heterocycles. The number of fused-ring (bicyclic) bond motifs is 1. The first kappa shape index (κ1) is 26.5. The van der Waals surface area contributed by atoms with Crippen molar-refractivity contribution in [2.75, 3.05) is 44.3 Å². The summed E-state index contributed by atoms with van der Waals surface area (Å²) >= 11 is 2.03. The maximum absolute atomic E-state index is 12.9. The molecule has 15 nitrogen and oxygen atoms in total. The average molecular weight is 553 g/mol. The number of carboxylic acids is 1. The van der Waals surface area contributed by atoms with Crippen molar-refractivity contribution in [3.63, 3.8) is 0 Å². The molecule has 1 aromatic rings. The predicted molar refractivity (Wildman–Crippen MR) is 132 cm³/mol. The minimum atomic E-state index is -1.33. The SMILES string of the molecule is Nc1nc(/C(=N/O)C(=O)N[C@@H]2C(=O)N3C(C(=O)O)=C(C=C4CCN(CCNCCO)C4=O)CS[C@H]23)ns1. The summed E-state index contributed by atoms with van der Waals surface area (Å²) in [5.74, 6) is -3.12. The summed E-state index contributed by atoms with van der Waals surface area (Å²) in [7, 11) is 0. The van der Waals surface area contributed by atoms with Gasteiger partial charge in [0.15, 0.2) is 5.13 Å². The van der Waals surface area contributed by atoms with Crippen molar-refractivity contribution < 1.29 is 34.6 Å². The van der Waals surface area contributed by atoms with Gasteiger partial charge >= 0.3 is 5.97 Å². The molecule has 3 amide bonds. The van der Waals surface area contributed by atoms with E-state index in [9.17, 15) is 29.5 Å². The Morgan fingerprint density at radius 2 is 2.08 bits per heavy atom. The van der Waals surface area contributed by atoms with Crippen LogP contribution in [-0.2, 0) is 19.2 Å². The molecule has 17 heteroatoms. The summed E-state index contributed by atoms with van der Waals surface area (Å²) in [6.45, 7) is 1.88. The van der Waals surface area contributed by atoms with Crippen molar-refractivity contribution in [3.8, 4) is 0 Å². The second-order valence-electron chi connectivity index (χ2n) is 8.13. The highest BCUT2D eigenvalue weighted by Gasteiger charge is 2.54. The smallest absolute Gasteiger partial charge is 0.352 e. The number of oxime groups is 1. The van der Waals surface area contributed by atoms with Crippen molar-refractivity contribution in [3.05, 3.63) is 28.7 Å². The normalized spacial score (nSPS) is 22.9. The lowest BCUT2D eigenvalue weighted by Crippen LogP contribution is -2.71. The lowest BCUT2D eigenvalue weighted by molar-refractivity contribution is -0.150. The number of hydrogen-bond acceptors (Lipinski definition) is 13. The predicted octanol–water partition coefficient (Wildman–Crippen LogP) is -2.22. The van der Waals surface area contributed by atoms with Crippen LogP contribution in [0.2, 0.25) is 0 Å². The zero-order valence-corrected chi connectivity index (χ0v) is 20.9. The largest absolute Gasteiger partial charge is 0.477 e. The van der Waals surface area contributed by atoms with Crippen molar-refractivity contribution in [2.24, 2.45) is 5.16 Å². The van der Waals surface area contributed by atoms with Crippen LogP contribution in [-0.4, -0.2) is 114 Å². The minimum Gasteiger partial charge on any atom is -0.477 e. The Kier molecular flexibility index (Phi) is 8.06. The van der Waals surface area contributed by atoms with E-state index < -0.39 is 34.9 Å². The standard InChI is InChI=1S/C20H24N8O7S2/c21-20-24-14(26-37-20)11(25-35)15(30)23-12-17(32)28-13(19(33)34)10(8-36-18(12)28)7-9-1-4-27(16(9)31)5-2-22-3-6-29/h7,12,18,22,29,35H,1-6,8H2,(H,23,30)(H,33,34)(H2,21,24,26)/b9-7?,25-11-/t12-,18-/m1/s1. The first-order valence-electron chi connectivity index (χ1n) is 11.1. The lowest BCUT2D eigenvalue weighted by Gasteiger charge is -2.49. The van der Waals surface area contributed by atoms with Crippen molar-refractivity contribution >= 4 is 57.8 Å². The first-order valence-corrected chi connectivity index (χ1v) is 12.9. The van der Waals surface area contributed by atoms with E-state index >= 15 is 0 Å². The number of carboxylic acid groups (broad SMARTS) is 1. The highest BCUT2D eigenvalue weighted by atomic mass is 32.2. The van der Waals surface area contributed by atoms with Crippen LogP contribution in [0.4, 0.5) is 5.13 Å². The fourth-order valence-corrected chi connectivity index (χ4v) is 5.87. The van der Waals surface area contributed by atoms with Crippen LogP contribution < -0.4 is 16.4 Å². The Balaban J connectivity index is 1.47. The van der Waals surface area contributed by atoms with Gasteiger partial charge in [0.05, 0.1) is 6.61 Å². The number of aliphatic carboxylic acids is 1. The number of thioether (sulfide) groups is 1. The molecule has 198 valence electrons. The van der Waals surface area contributed by atoms with Gasteiger partial charge in [-0.2, -0.15) is 9.36 Å². The van der Waals surface area contributed by atoms with E-state index in [0.717, 1.165) is 16.4 Å². The average Bonchev–Trinajstić information content (AvgIpc) is 3.45. The van der Waals surface area contributed by atoms with E-state index in [0.29, 0.717) is 43.7 Å². The Morgan fingerprint density at radius 3 is 2.73 bits per heavy atom. The molecule has 0 unspecified atom stereocenters. The molecule has 2 atom stereocenters. The van der Waals surface area contributed by atoms with Gasteiger partial charge in [-0.1, -0.05) is 5.16 Å². The lowest BCUT2D eigenvalue weighted by atomic mass is 10.0. The summed E-state index contributed by atoms with van der Waals surface area (Å²) in [4.78, 5) is 56.9. The molecule has 3 aliphatic rings. The molecule has 0 aromatic carbocycles. The van der Waals surface area contributed by atoms with Gasteiger partial charge in [-0.15, -0.1) is 11.8 Å². The number of hydrogen-bond donors (Lipinski definition) is 6. The van der Waals surface area contributed by atoms with Crippen LogP contribution in [0, 0.1) is 0 Å². The number of aliphatic hydroxyl groups excluding tert-OH is 1. The Morgan fingerprint density at radius 1 is 1.30 bits per heavy atom. The molecular formula is C20H24N8O7S2. The summed E-state index contributed by atoms with van der Waals surface area (Å²) in [5.41, 5.74) is 5.50. The van der Waals surface area contributed by atoms with Gasteiger partial charge in [-0.3, -0.25) is 19.3 Å². The number of nitrogens with two attached hydrogens (primary N) is 1.